The smallest absolute Gasteiger partial charge is 0.410 e. The summed E-state index contributed by atoms with van der Waals surface area (Å²) in [4.78, 5) is 80.6. The molecule has 2 heterocycles. The number of nitrogens with one attached hydrogen (secondary N) is 6. The van der Waals surface area contributed by atoms with Crippen molar-refractivity contribution in [3.05, 3.63) is 11.8 Å². The van der Waals surface area contributed by atoms with E-state index in [9.17, 15) is 49.2 Å². The van der Waals surface area contributed by atoms with E-state index in [2.05, 4.69) is 31.9 Å². The highest BCUT2D eigenvalue weighted by molar-refractivity contribution is 5.81. The molecule has 6 amide bonds. The molecule has 448 valence electrons. The third kappa shape index (κ3) is 21.0. The lowest BCUT2D eigenvalue weighted by molar-refractivity contribution is -0.305. The number of carbonyl (C=O) groups excluding carboxylic acids is 6. The monoisotopic (exact) mass is 1120 g/mol. The van der Waals surface area contributed by atoms with Gasteiger partial charge in [0.1, 0.15) is 63.8 Å². The second-order valence-electron chi connectivity index (χ2n) is 26.1. The largest absolute Gasteiger partial charge is 0.491 e. The van der Waals surface area contributed by atoms with Crippen molar-refractivity contribution in [2.45, 2.75) is 244 Å². The van der Waals surface area contributed by atoms with E-state index in [1.165, 1.54) is 14.0 Å². The van der Waals surface area contributed by atoms with E-state index >= 15 is 0 Å². The highest BCUT2D eigenvalue weighted by Crippen LogP contribution is 2.39. The third-order valence-electron chi connectivity index (χ3n) is 12.7. The van der Waals surface area contributed by atoms with Crippen LogP contribution in [-0.2, 0) is 42.7 Å². The zero-order valence-electron chi connectivity index (χ0n) is 48.9. The normalized spacial score (nSPS) is 30.1. The van der Waals surface area contributed by atoms with Crippen LogP contribution in [0.3, 0.4) is 0 Å². The van der Waals surface area contributed by atoms with Crippen LogP contribution >= 0.6 is 0 Å². The molecule has 1 unspecified atom stereocenters. The van der Waals surface area contributed by atoms with Gasteiger partial charge >= 0.3 is 30.5 Å². The van der Waals surface area contributed by atoms with Gasteiger partial charge < -0.3 is 95.1 Å². The molecular formula is C53H93N7O18. The second-order valence-corrected chi connectivity index (χ2v) is 26.1. The number of alkyl carbamates (subject to hydrolysis) is 4. The minimum absolute atomic E-state index is 0.0543. The SMILES string of the molecule is CN(C(=O)OC(C)(C)C)[C@@H]1[C@@H](O)[C@@H](O[C@H]2[C@H](NC(=O)[C@@H](O)CCNC(=O)OC(C)(C)C)C[C@H](NC(=O)OC(C)(C)C)C([C@H]3OC(CNCC4CC(NC(=O)OC(C)(C)C)C4)=CC[C@H]3NC(=O)OC(C)(C)C)[C@@H]2O)OC[C@]1(C)O. The van der Waals surface area contributed by atoms with Crippen LogP contribution in [0.1, 0.15) is 143 Å². The molecule has 0 aromatic carbocycles. The standard InChI is InChI=1S/C53H93N7O18/c1-48(2,3)74-43(65)55-21-20-34(61)41(64)57-33-24-32(59-46(68)77-51(10,11)12)35(36(62)39(33)73-42-37(63)40(53(16,70)27-71-42)60(17)47(69)78-52(13,14)15)38-31(58-45(67)76-50(7,8)9)19-18-30(72-38)26-54-25-28-22-29(23-28)56-44(66)75-49(4,5)6/h18,28-29,31-40,42,54,61-63,70H,19-27H2,1-17H3,(H,55,65)(H,56,66)(H,57,64)(H,58,67)(H,59,68)/t28?,29?,31-,32+,33-,34+,35?,36+,37-,38+,39+,40-,42-,53+/m1/s1. The summed E-state index contributed by atoms with van der Waals surface area (Å²) in [6, 6.07) is -4.91. The molecule has 3 fully saturated rings. The quantitative estimate of drug-likeness (QED) is 0.0988. The number of likely N-dealkylation sites (N-methyl/N-ethyl adjacent to an activating group) is 1. The molecule has 0 spiro atoms. The van der Waals surface area contributed by atoms with Crippen molar-refractivity contribution in [3.8, 4) is 0 Å². The Hall–Kier alpha value is -4.92. The first-order valence-corrected chi connectivity index (χ1v) is 26.9. The van der Waals surface area contributed by atoms with Crippen molar-refractivity contribution in [2.24, 2.45) is 11.8 Å². The van der Waals surface area contributed by atoms with E-state index in [1.54, 1.807) is 110 Å². The van der Waals surface area contributed by atoms with Crippen LogP contribution in [0.25, 0.3) is 0 Å². The topological polar surface area (TPSA) is 333 Å². The molecule has 78 heavy (non-hydrogen) atoms. The Balaban J connectivity index is 1.74. The maximum absolute atomic E-state index is 14.0. The lowest BCUT2D eigenvalue weighted by Crippen LogP contribution is -2.71. The molecule has 2 aliphatic carbocycles. The summed E-state index contributed by atoms with van der Waals surface area (Å²) in [6.45, 7) is 26.8. The Bertz CT molecular complexity index is 2090. The number of hydrogen-bond donors (Lipinski definition) is 10. The molecule has 2 saturated carbocycles. The zero-order valence-corrected chi connectivity index (χ0v) is 48.9. The molecule has 12 atom stereocenters. The van der Waals surface area contributed by atoms with Gasteiger partial charge in [0.2, 0.25) is 5.91 Å². The minimum atomic E-state index is -1.88. The summed E-state index contributed by atoms with van der Waals surface area (Å²) >= 11 is 0. The van der Waals surface area contributed by atoms with Crippen molar-refractivity contribution in [2.75, 3.05) is 33.3 Å². The van der Waals surface area contributed by atoms with Crippen molar-refractivity contribution in [1.29, 1.82) is 0 Å². The summed E-state index contributed by atoms with van der Waals surface area (Å²) in [5.41, 5.74) is -6.21. The summed E-state index contributed by atoms with van der Waals surface area (Å²) in [7, 11) is 1.32. The van der Waals surface area contributed by atoms with E-state index < -0.39 is 143 Å². The first-order chi connectivity index (χ1) is 35.6. The maximum atomic E-state index is 14.0. The molecule has 10 N–H and O–H groups in total. The van der Waals surface area contributed by atoms with Crippen molar-refractivity contribution in [1.82, 2.24) is 36.8 Å². The van der Waals surface area contributed by atoms with Gasteiger partial charge in [-0.15, -0.1) is 0 Å². The van der Waals surface area contributed by atoms with Gasteiger partial charge in [0.25, 0.3) is 0 Å². The molecule has 4 aliphatic rings. The van der Waals surface area contributed by atoms with E-state index in [1.807, 2.05) is 0 Å². The number of rotatable bonds is 16. The number of aliphatic hydroxyl groups is 4. The van der Waals surface area contributed by atoms with Crippen molar-refractivity contribution in [3.63, 3.8) is 0 Å². The van der Waals surface area contributed by atoms with E-state index in [4.69, 9.17) is 37.9 Å². The van der Waals surface area contributed by atoms with E-state index in [0.717, 1.165) is 4.90 Å². The van der Waals surface area contributed by atoms with Gasteiger partial charge in [-0.3, -0.25) is 4.79 Å². The highest BCUT2D eigenvalue weighted by atomic mass is 16.7. The first kappa shape index (κ1) is 65.6. The number of amides is 6. The van der Waals surface area contributed by atoms with Crippen LogP contribution in [0.2, 0.25) is 0 Å². The molecule has 25 heteroatoms. The van der Waals surface area contributed by atoms with Gasteiger partial charge in [0.05, 0.1) is 37.4 Å². The third-order valence-corrected chi connectivity index (χ3v) is 12.7. The molecular weight excluding hydrogens is 1020 g/mol. The number of ether oxygens (including phenoxy) is 8. The van der Waals surface area contributed by atoms with Crippen molar-refractivity contribution >= 4 is 36.4 Å². The van der Waals surface area contributed by atoms with Gasteiger partial charge in [-0.1, -0.05) is 0 Å². The van der Waals surface area contributed by atoms with Crippen LogP contribution in [0.4, 0.5) is 24.0 Å². The predicted molar refractivity (Wildman–Crippen MR) is 283 cm³/mol. The molecule has 2 aliphatic heterocycles. The van der Waals surface area contributed by atoms with Crippen LogP contribution in [0.15, 0.2) is 11.8 Å². The number of nitrogens with zero attached hydrogens (tertiary/aromatic N) is 1. The summed E-state index contributed by atoms with van der Waals surface area (Å²) in [5.74, 6) is -1.59. The zero-order chi connectivity index (χ0) is 59.1. The summed E-state index contributed by atoms with van der Waals surface area (Å²) < 4.78 is 46.8. The van der Waals surface area contributed by atoms with Gasteiger partial charge in [0, 0.05) is 31.6 Å². The molecule has 0 aromatic rings. The minimum Gasteiger partial charge on any atom is -0.491 e. The summed E-state index contributed by atoms with van der Waals surface area (Å²) in [5, 5.41) is 65.1. The predicted octanol–water partition coefficient (Wildman–Crippen LogP) is 3.57. The van der Waals surface area contributed by atoms with Gasteiger partial charge in [-0.2, -0.15) is 0 Å². The second kappa shape index (κ2) is 26.1. The lowest BCUT2D eigenvalue weighted by Gasteiger charge is -2.52. The molecule has 0 bridgehead atoms. The Labute approximate surface area is 459 Å². The Morgan fingerprint density at radius 1 is 0.705 bits per heavy atom. The maximum Gasteiger partial charge on any atom is 0.410 e. The molecule has 0 radical (unpaired) electrons. The Morgan fingerprint density at radius 2 is 1.22 bits per heavy atom. The van der Waals surface area contributed by atoms with Gasteiger partial charge in [-0.25, -0.2) is 24.0 Å². The van der Waals surface area contributed by atoms with Crippen LogP contribution in [0, 0.1) is 11.8 Å². The first-order valence-electron chi connectivity index (χ1n) is 26.9. The van der Waals surface area contributed by atoms with Gasteiger partial charge in [0.15, 0.2) is 6.29 Å². The number of carbonyl (C=O) groups is 6. The average molecular weight is 1120 g/mol. The van der Waals surface area contributed by atoms with Crippen molar-refractivity contribution < 1.29 is 87.1 Å². The molecule has 4 rings (SSSR count). The average Bonchev–Trinajstić information content (AvgIpc) is 3.22. The lowest BCUT2D eigenvalue weighted by atomic mass is 9.72. The van der Waals surface area contributed by atoms with Crippen LogP contribution in [-0.4, -0.2) is 196 Å². The Morgan fingerprint density at radius 3 is 1.76 bits per heavy atom. The fourth-order valence-corrected chi connectivity index (χ4v) is 9.62. The number of aliphatic hydroxyl groups excluding tert-OH is 3. The number of hydrogen-bond acceptors (Lipinski definition) is 19. The molecule has 25 nitrogen and oxygen atoms in total. The fourth-order valence-electron chi connectivity index (χ4n) is 9.62. The van der Waals surface area contributed by atoms with E-state index in [0.29, 0.717) is 25.1 Å². The summed E-state index contributed by atoms with van der Waals surface area (Å²) in [6.07, 6.45) is -11.0. The van der Waals surface area contributed by atoms with Crippen LogP contribution < -0.4 is 31.9 Å². The van der Waals surface area contributed by atoms with E-state index in [-0.39, 0.29) is 44.3 Å². The molecule has 0 aromatic heterocycles. The fraction of sp³-hybridized carbons (Fsp3) is 0.849. The van der Waals surface area contributed by atoms with Crippen LogP contribution in [0.5, 0.6) is 0 Å². The highest BCUT2D eigenvalue weighted by Gasteiger charge is 2.57. The Kier molecular flexibility index (Phi) is 22.0. The van der Waals surface area contributed by atoms with Gasteiger partial charge in [-0.05, 0) is 161 Å². The molecule has 1 saturated heterocycles.